The number of hydrogen-bond donors (Lipinski definition) is 0. The summed E-state index contributed by atoms with van der Waals surface area (Å²) in [6.45, 7) is 4.76. The van der Waals surface area contributed by atoms with E-state index >= 15 is 0 Å². The third-order valence-electron chi connectivity index (χ3n) is 9.19. The van der Waals surface area contributed by atoms with Gasteiger partial charge in [0.2, 0.25) is 0 Å². The van der Waals surface area contributed by atoms with Crippen LogP contribution in [0, 0.1) is 0 Å². The molecule has 0 aliphatic heterocycles. The van der Waals surface area contributed by atoms with Crippen LogP contribution in [-0.2, 0) is 15.7 Å². The topological polar surface area (TPSA) is 0 Å². The minimum absolute atomic E-state index is 0. The monoisotopic (exact) mass is 706 g/mol. The molecule has 0 saturated heterocycles. The van der Waals surface area contributed by atoms with E-state index in [0.717, 1.165) is 12.8 Å². The predicted octanol–water partition coefficient (Wildman–Crippen LogP) is 10.6. The fourth-order valence-electron chi connectivity index (χ4n) is 7.69. The summed E-state index contributed by atoms with van der Waals surface area (Å²) < 4.78 is 6.81. The Labute approximate surface area is 258 Å². The number of allylic oxidation sites excluding steroid dienone is 2. The molecule has 0 fully saturated rings. The number of halogens is 2. The predicted molar refractivity (Wildman–Crippen MR) is 181 cm³/mol. The molecule has 0 nitrogen and oxygen atoms in total. The summed E-state index contributed by atoms with van der Waals surface area (Å²) in [5, 5.41) is 0. The van der Waals surface area contributed by atoms with Crippen molar-refractivity contribution in [1.82, 2.24) is 0 Å². The molecule has 0 heterocycles. The van der Waals surface area contributed by atoms with E-state index in [-0.39, 0.29) is 24.8 Å². The van der Waals surface area contributed by atoms with Gasteiger partial charge in [-0.25, -0.2) is 0 Å². The van der Waals surface area contributed by atoms with E-state index in [0.29, 0.717) is 7.25 Å². The number of fused-ring (bicyclic) bond motifs is 2. The van der Waals surface area contributed by atoms with Crippen LogP contribution in [0.4, 0.5) is 0 Å². The molecule has 0 N–H and O–H groups in total. The minimum atomic E-state index is -3.45. The molecular formula is C36H40Cl2GeZr. The van der Waals surface area contributed by atoms with Gasteiger partial charge in [-0.3, -0.25) is 0 Å². The fraction of sp³-hybridized carbons (Fsp3) is 0.222. The zero-order valence-electron chi connectivity index (χ0n) is 24.0. The quantitative estimate of drug-likeness (QED) is 0.175. The van der Waals surface area contributed by atoms with Crippen molar-refractivity contribution in [1.29, 1.82) is 0 Å². The molecule has 40 heavy (non-hydrogen) atoms. The third-order valence-corrected chi connectivity index (χ3v) is 32.0. The van der Waals surface area contributed by atoms with Crippen molar-refractivity contribution >= 4 is 49.1 Å². The summed E-state index contributed by atoms with van der Waals surface area (Å²) in [7, 11) is 0. The van der Waals surface area contributed by atoms with Gasteiger partial charge in [0.25, 0.3) is 0 Å². The Bertz CT molecular complexity index is 1540. The molecule has 2 aliphatic carbocycles. The van der Waals surface area contributed by atoms with Crippen molar-refractivity contribution < 1.29 is 15.7 Å². The molecule has 0 aromatic heterocycles. The van der Waals surface area contributed by atoms with Gasteiger partial charge in [-0.15, -0.1) is 24.8 Å². The van der Waals surface area contributed by atoms with Crippen LogP contribution in [0.15, 0.2) is 108 Å². The summed E-state index contributed by atoms with van der Waals surface area (Å²) in [5.74, 6) is 0. The van der Waals surface area contributed by atoms with Crippen molar-refractivity contribution in [3.63, 3.8) is 0 Å². The minimum Gasteiger partial charge on any atom is -0.147 e. The van der Waals surface area contributed by atoms with Gasteiger partial charge in [-0.05, 0) is 0 Å². The van der Waals surface area contributed by atoms with Crippen LogP contribution in [0.25, 0.3) is 34.4 Å². The van der Waals surface area contributed by atoms with E-state index in [1.807, 2.05) is 0 Å². The average Bonchev–Trinajstić information content (AvgIpc) is 3.53. The normalized spacial score (nSPS) is 17.6. The Hall–Kier alpha value is -1.63. The summed E-state index contributed by atoms with van der Waals surface area (Å²) in [4.78, 5) is 0. The first kappa shape index (κ1) is 31.3. The number of hydrogen-bond acceptors (Lipinski definition) is 0. The van der Waals surface area contributed by atoms with Gasteiger partial charge in [0.1, 0.15) is 0 Å². The molecule has 206 valence electrons. The van der Waals surface area contributed by atoms with Crippen molar-refractivity contribution in [2.45, 2.75) is 43.2 Å². The third kappa shape index (κ3) is 5.11. The molecule has 0 spiro atoms. The van der Waals surface area contributed by atoms with Crippen LogP contribution in [-0.4, -0.2) is 12.1 Å². The van der Waals surface area contributed by atoms with Crippen molar-refractivity contribution in [3.8, 4) is 22.3 Å². The molecule has 6 rings (SSSR count). The smallest absolute Gasteiger partial charge is 0.147 e. The molecule has 4 heteroatoms. The molecule has 2 atom stereocenters. The van der Waals surface area contributed by atoms with Crippen LogP contribution in [0.3, 0.4) is 0 Å². The summed E-state index contributed by atoms with van der Waals surface area (Å²) in [6, 6.07) is 36.2. The zero-order chi connectivity index (χ0) is 26.5. The average molecular weight is 707 g/mol. The Balaban J connectivity index is 0.00000185. The molecule has 0 bridgehead atoms. The maximum absolute atomic E-state index is 3.45. The van der Waals surface area contributed by atoms with E-state index in [1.165, 1.54) is 45.5 Å². The fourth-order valence-corrected chi connectivity index (χ4v) is 34.1. The maximum atomic E-state index is 2.80. The van der Waals surface area contributed by atoms with Crippen LogP contribution >= 0.6 is 24.8 Å². The van der Waals surface area contributed by atoms with Crippen molar-refractivity contribution in [3.05, 3.63) is 130 Å². The first-order chi connectivity index (χ1) is 18.3. The molecule has 0 radical (unpaired) electrons. The Kier molecular flexibility index (Phi) is 9.33. The largest absolute Gasteiger partial charge is 0.147 e. The first-order valence-corrected chi connectivity index (χ1v) is 32.4. The van der Waals surface area contributed by atoms with Gasteiger partial charge in [-0.2, -0.15) is 0 Å². The SMILES string of the molecule is CCC1=Cc2c(-c3ccccc3)cccc2[CH]1[Zr]([CH3])([CH3])(=[GeH2])[CH]1C(CC)=Cc2c(-c3ccccc3)cccc21.Cl.Cl. The van der Waals surface area contributed by atoms with E-state index < -0.39 is 15.7 Å². The maximum Gasteiger partial charge on any atom is -0.147 e. The van der Waals surface area contributed by atoms with Crippen molar-refractivity contribution in [2.75, 3.05) is 0 Å². The van der Waals surface area contributed by atoms with Gasteiger partial charge >= 0.3 is 236 Å². The summed E-state index contributed by atoms with van der Waals surface area (Å²) in [6.07, 6.45) is 7.44. The summed E-state index contributed by atoms with van der Waals surface area (Å²) >= 11 is -2.03. The van der Waals surface area contributed by atoms with Gasteiger partial charge < -0.3 is 0 Å². The molecule has 0 saturated carbocycles. The Morgan fingerprint density at radius 3 is 1.27 bits per heavy atom. The van der Waals surface area contributed by atoms with Gasteiger partial charge in [0, 0.05) is 0 Å². The van der Waals surface area contributed by atoms with Gasteiger partial charge in [0.05, 0.1) is 0 Å². The Morgan fingerprint density at radius 2 is 0.925 bits per heavy atom. The van der Waals surface area contributed by atoms with E-state index in [4.69, 9.17) is 0 Å². The van der Waals surface area contributed by atoms with Crippen LogP contribution in [0.2, 0.25) is 9.26 Å². The van der Waals surface area contributed by atoms with E-state index in [9.17, 15) is 0 Å². The van der Waals surface area contributed by atoms with E-state index in [1.54, 1.807) is 22.3 Å². The van der Waals surface area contributed by atoms with Crippen LogP contribution in [0.5, 0.6) is 0 Å². The van der Waals surface area contributed by atoms with Crippen LogP contribution < -0.4 is 0 Å². The van der Waals surface area contributed by atoms with Crippen molar-refractivity contribution in [2.24, 2.45) is 0 Å². The second-order valence-electron chi connectivity index (χ2n) is 12.3. The molecule has 2 unspecified atom stereocenters. The number of rotatable bonds is 6. The van der Waals surface area contributed by atoms with Gasteiger partial charge in [0.15, 0.2) is 0 Å². The molecular weight excluding hydrogens is 667 g/mol. The number of benzene rings is 4. The van der Waals surface area contributed by atoms with Gasteiger partial charge in [-0.1, -0.05) is 0 Å². The Morgan fingerprint density at radius 1 is 0.550 bits per heavy atom. The van der Waals surface area contributed by atoms with E-state index in [2.05, 4.69) is 132 Å². The molecule has 4 aromatic rings. The molecule has 4 aromatic carbocycles. The second kappa shape index (κ2) is 11.9. The summed E-state index contributed by atoms with van der Waals surface area (Å²) in [5.41, 5.74) is 15.0. The standard InChI is InChI=1S/2C17H15.2CH3.2ClH.GeH2.Zr/c2*1-2-13-11-15-9-6-10-16(17(15)12-13)14-7-4-3-5-8-14;;;;;;/h2*3-12H,2H2,1H3;2*1H3;2*1H;1H2;. The second-order valence-corrected chi connectivity index (χ2v) is 57.3. The molecule has 0 amide bonds. The molecule has 2 aliphatic rings. The first-order valence-electron chi connectivity index (χ1n) is 14.2. The van der Waals surface area contributed by atoms with Crippen LogP contribution in [0.1, 0.15) is 56.2 Å². The zero-order valence-corrected chi connectivity index (χ0v) is 31.0.